The molecular formula is C16H24N2O2S. The van der Waals surface area contributed by atoms with E-state index < -0.39 is 5.60 Å². The second kappa shape index (κ2) is 7.82. The van der Waals surface area contributed by atoms with E-state index in [0.29, 0.717) is 6.54 Å². The van der Waals surface area contributed by atoms with Crippen LogP contribution in [0.1, 0.15) is 18.4 Å². The molecule has 0 aliphatic carbocycles. The molecule has 1 aromatic carbocycles. The zero-order valence-corrected chi connectivity index (χ0v) is 13.6. The minimum absolute atomic E-state index is 0.0241. The fourth-order valence-corrected chi connectivity index (χ4v) is 3.25. The van der Waals surface area contributed by atoms with Crippen LogP contribution in [0.3, 0.4) is 0 Å². The van der Waals surface area contributed by atoms with Crippen molar-refractivity contribution in [1.29, 1.82) is 0 Å². The van der Waals surface area contributed by atoms with Gasteiger partial charge in [-0.3, -0.25) is 4.79 Å². The van der Waals surface area contributed by atoms with E-state index in [1.54, 1.807) is 18.9 Å². The third kappa shape index (κ3) is 4.46. The molecule has 1 fully saturated rings. The molecule has 0 unspecified atom stereocenters. The van der Waals surface area contributed by atoms with Gasteiger partial charge in [0, 0.05) is 24.3 Å². The van der Waals surface area contributed by atoms with Gasteiger partial charge >= 0.3 is 0 Å². The number of carbonyl (C=O) groups is 1. The maximum Gasteiger partial charge on any atom is 0.252 e. The van der Waals surface area contributed by atoms with Crippen molar-refractivity contribution in [2.45, 2.75) is 30.3 Å². The summed E-state index contributed by atoms with van der Waals surface area (Å²) in [5, 5.41) is 6.27. The lowest BCUT2D eigenvalue weighted by molar-refractivity contribution is -0.146. The number of hydrogen-bond donors (Lipinski definition) is 2. The Morgan fingerprint density at radius 3 is 2.62 bits per heavy atom. The maximum atomic E-state index is 12.3. The van der Waals surface area contributed by atoms with Gasteiger partial charge in [0.25, 0.3) is 5.91 Å². The molecule has 116 valence electrons. The molecule has 2 N–H and O–H groups in total. The first-order valence-electron chi connectivity index (χ1n) is 7.40. The van der Waals surface area contributed by atoms with E-state index in [1.165, 1.54) is 10.5 Å². The lowest BCUT2D eigenvalue weighted by Crippen LogP contribution is -2.54. The van der Waals surface area contributed by atoms with Gasteiger partial charge in [0.1, 0.15) is 5.60 Å². The average molecular weight is 308 g/mol. The monoisotopic (exact) mass is 308 g/mol. The van der Waals surface area contributed by atoms with Gasteiger partial charge < -0.3 is 15.4 Å². The molecule has 21 heavy (non-hydrogen) atoms. The lowest BCUT2D eigenvalue weighted by Gasteiger charge is -2.34. The number of thioether (sulfide) groups is 1. The van der Waals surface area contributed by atoms with E-state index in [0.717, 1.165) is 31.7 Å². The fraction of sp³-hybridized carbons (Fsp3) is 0.562. The molecule has 1 aliphatic rings. The first-order chi connectivity index (χ1) is 10.2. The highest BCUT2D eigenvalue weighted by Gasteiger charge is 2.39. The first kappa shape index (κ1) is 16.3. The Morgan fingerprint density at radius 1 is 1.33 bits per heavy atom. The summed E-state index contributed by atoms with van der Waals surface area (Å²) in [5.41, 5.74) is 0.625. The van der Waals surface area contributed by atoms with Crippen molar-refractivity contribution in [3.63, 3.8) is 0 Å². The zero-order valence-electron chi connectivity index (χ0n) is 12.8. The summed E-state index contributed by atoms with van der Waals surface area (Å²) < 4.78 is 5.51. The molecule has 1 amide bonds. The van der Waals surface area contributed by atoms with Crippen molar-refractivity contribution >= 4 is 17.7 Å². The van der Waals surface area contributed by atoms with E-state index >= 15 is 0 Å². The van der Waals surface area contributed by atoms with Gasteiger partial charge in [0.15, 0.2) is 0 Å². The highest BCUT2D eigenvalue weighted by Crippen LogP contribution is 2.23. The highest BCUT2D eigenvalue weighted by atomic mass is 32.2. The Balaban J connectivity index is 1.74. The Hall–Kier alpha value is -1.04. The molecule has 0 bridgehead atoms. The number of hydrogen-bond acceptors (Lipinski definition) is 4. The number of methoxy groups -OCH3 is 1. The number of rotatable bonds is 6. The minimum atomic E-state index is -0.639. The molecule has 0 saturated carbocycles. The molecule has 2 rings (SSSR count). The van der Waals surface area contributed by atoms with E-state index in [9.17, 15) is 4.79 Å². The van der Waals surface area contributed by atoms with Gasteiger partial charge in [0.05, 0.1) is 0 Å². The van der Waals surface area contributed by atoms with Gasteiger partial charge in [-0.1, -0.05) is 17.7 Å². The normalized spacial score (nSPS) is 17.4. The van der Waals surface area contributed by atoms with E-state index in [1.807, 2.05) is 0 Å². The number of benzene rings is 1. The fourth-order valence-electron chi connectivity index (χ4n) is 2.48. The van der Waals surface area contributed by atoms with Crippen molar-refractivity contribution in [3.8, 4) is 0 Å². The van der Waals surface area contributed by atoms with Crippen molar-refractivity contribution < 1.29 is 9.53 Å². The van der Waals surface area contributed by atoms with Crippen molar-refractivity contribution in [2.24, 2.45) is 0 Å². The van der Waals surface area contributed by atoms with Gasteiger partial charge in [-0.05, 0) is 45.0 Å². The predicted molar refractivity (Wildman–Crippen MR) is 86.8 cm³/mol. The van der Waals surface area contributed by atoms with Gasteiger partial charge in [0.2, 0.25) is 0 Å². The summed E-state index contributed by atoms with van der Waals surface area (Å²) >= 11 is 1.76. The van der Waals surface area contributed by atoms with Crippen molar-refractivity contribution in [2.75, 3.05) is 32.5 Å². The molecular weight excluding hydrogens is 284 g/mol. The summed E-state index contributed by atoms with van der Waals surface area (Å²) in [5.74, 6) is 0.892. The van der Waals surface area contributed by atoms with Gasteiger partial charge in [-0.15, -0.1) is 11.8 Å². The molecule has 0 atom stereocenters. The number of carbonyl (C=O) groups excluding carboxylic acids is 1. The van der Waals surface area contributed by atoms with Crippen LogP contribution < -0.4 is 10.6 Å². The molecule has 0 aromatic heterocycles. The van der Waals surface area contributed by atoms with Crippen LogP contribution >= 0.6 is 11.8 Å². The largest absolute Gasteiger partial charge is 0.368 e. The Kier molecular flexibility index (Phi) is 6.08. The Morgan fingerprint density at radius 2 is 2.00 bits per heavy atom. The molecule has 4 nitrogen and oxygen atoms in total. The maximum absolute atomic E-state index is 12.3. The van der Waals surface area contributed by atoms with E-state index in [-0.39, 0.29) is 5.91 Å². The predicted octanol–water partition coefficient (Wildman–Crippen LogP) is 1.97. The minimum Gasteiger partial charge on any atom is -0.368 e. The van der Waals surface area contributed by atoms with Crippen molar-refractivity contribution in [1.82, 2.24) is 10.6 Å². The Bertz CT molecular complexity index is 456. The van der Waals surface area contributed by atoms with Crippen LogP contribution in [0.4, 0.5) is 0 Å². The standard InChI is InChI=1S/C16H24N2O2S/c1-13-3-5-14(6-4-13)21-12-11-18-15(19)16(20-2)7-9-17-10-8-16/h3-6,17H,7-12H2,1-2H3,(H,18,19). The molecule has 0 radical (unpaired) electrons. The summed E-state index contributed by atoms with van der Waals surface area (Å²) in [6, 6.07) is 8.45. The Labute approximate surface area is 131 Å². The molecule has 1 heterocycles. The summed E-state index contributed by atoms with van der Waals surface area (Å²) in [6.07, 6.45) is 1.47. The number of ether oxygens (including phenoxy) is 1. The third-order valence-corrected chi connectivity index (χ3v) is 4.91. The van der Waals surface area contributed by atoms with Crippen LogP contribution in [-0.4, -0.2) is 44.0 Å². The van der Waals surface area contributed by atoms with Gasteiger partial charge in [-0.25, -0.2) is 0 Å². The van der Waals surface area contributed by atoms with Crippen LogP contribution in [0.5, 0.6) is 0 Å². The van der Waals surface area contributed by atoms with Crippen molar-refractivity contribution in [3.05, 3.63) is 29.8 Å². The van der Waals surface area contributed by atoms with E-state index in [4.69, 9.17) is 4.74 Å². The van der Waals surface area contributed by atoms with Gasteiger partial charge in [-0.2, -0.15) is 0 Å². The second-order valence-electron chi connectivity index (χ2n) is 5.37. The zero-order chi connectivity index (χ0) is 15.1. The van der Waals surface area contributed by atoms with Crippen LogP contribution in [-0.2, 0) is 9.53 Å². The molecule has 5 heteroatoms. The van der Waals surface area contributed by atoms with E-state index in [2.05, 4.69) is 41.8 Å². The summed E-state index contributed by atoms with van der Waals surface area (Å²) in [4.78, 5) is 13.6. The smallest absolute Gasteiger partial charge is 0.252 e. The molecule has 1 saturated heterocycles. The highest BCUT2D eigenvalue weighted by molar-refractivity contribution is 7.99. The van der Waals surface area contributed by atoms with Crippen LogP contribution in [0.2, 0.25) is 0 Å². The summed E-state index contributed by atoms with van der Waals surface area (Å²) in [6.45, 7) is 4.41. The topological polar surface area (TPSA) is 50.4 Å². The lowest BCUT2D eigenvalue weighted by atomic mass is 9.91. The number of piperidine rings is 1. The molecule has 1 aromatic rings. The third-order valence-electron chi connectivity index (χ3n) is 3.89. The van der Waals surface area contributed by atoms with Crippen LogP contribution in [0.15, 0.2) is 29.2 Å². The second-order valence-corrected chi connectivity index (χ2v) is 6.53. The average Bonchev–Trinajstić information content (AvgIpc) is 2.53. The number of nitrogens with one attached hydrogen (secondary N) is 2. The molecule has 1 aliphatic heterocycles. The molecule has 0 spiro atoms. The summed E-state index contributed by atoms with van der Waals surface area (Å²) in [7, 11) is 1.63. The van der Waals surface area contributed by atoms with Crippen LogP contribution in [0, 0.1) is 6.92 Å². The quantitative estimate of drug-likeness (QED) is 0.623. The number of amides is 1. The SMILES string of the molecule is COC1(C(=O)NCCSc2ccc(C)cc2)CCNCC1. The first-order valence-corrected chi connectivity index (χ1v) is 8.38. The number of aryl methyl sites for hydroxylation is 1. The van der Waals surface area contributed by atoms with Crippen LogP contribution in [0.25, 0.3) is 0 Å².